The molecule has 0 aromatic carbocycles. The molecule has 1 saturated carbocycles. The lowest BCUT2D eigenvalue weighted by Crippen LogP contribution is -2.44. The van der Waals surface area contributed by atoms with Crippen LogP contribution in [0.2, 0.25) is 0 Å². The van der Waals surface area contributed by atoms with E-state index in [0.717, 1.165) is 32.4 Å². The molecule has 3 unspecified atom stereocenters. The molecule has 2 fully saturated rings. The quantitative estimate of drug-likeness (QED) is 0.827. The summed E-state index contributed by atoms with van der Waals surface area (Å²) >= 11 is 0. The molecule has 18 heavy (non-hydrogen) atoms. The van der Waals surface area contributed by atoms with Crippen molar-refractivity contribution < 1.29 is 8.42 Å². The van der Waals surface area contributed by atoms with Crippen molar-refractivity contribution in [3.05, 3.63) is 0 Å². The minimum Gasteiger partial charge on any atom is -0.312 e. The van der Waals surface area contributed by atoms with Crippen LogP contribution in [0.3, 0.4) is 0 Å². The van der Waals surface area contributed by atoms with Crippen LogP contribution in [0.25, 0.3) is 0 Å². The van der Waals surface area contributed by atoms with Gasteiger partial charge in [-0.05, 0) is 51.7 Å². The Hall–Kier alpha value is -0.130. The van der Waals surface area contributed by atoms with Gasteiger partial charge in [-0.25, -0.2) is 8.42 Å². The third-order valence-electron chi connectivity index (χ3n) is 4.39. The van der Waals surface area contributed by atoms with Gasteiger partial charge in [0.05, 0.1) is 5.25 Å². The first kappa shape index (κ1) is 14.3. The summed E-state index contributed by atoms with van der Waals surface area (Å²) in [7, 11) is -0.721. The minimum absolute atomic E-state index is 0.154. The molecule has 0 amide bonds. The number of piperidine rings is 1. The highest BCUT2D eigenvalue weighted by molar-refractivity contribution is 7.91. The summed E-state index contributed by atoms with van der Waals surface area (Å²) in [6.07, 6.45) is 6.81. The molecule has 0 aromatic rings. The van der Waals surface area contributed by atoms with E-state index in [4.69, 9.17) is 0 Å². The molecular weight excluding hydrogens is 248 g/mol. The highest BCUT2D eigenvalue weighted by Gasteiger charge is 2.34. The molecule has 1 N–H and O–H groups in total. The number of sulfone groups is 1. The second-order valence-corrected chi connectivity index (χ2v) is 8.35. The molecule has 0 bridgehead atoms. The van der Waals surface area contributed by atoms with E-state index in [0.29, 0.717) is 5.92 Å². The molecule has 4 nitrogen and oxygen atoms in total. The smallest absolute Gasteiger partial charge is 0.151 e. The molecular formula is C13H26N2O2S. The van der Waals surface area contributed by atoms with Crippen molar-refractivity contribution in [3.63, 3.8) is 0 Å². The van der Waals surface area contributed by atoms with E-state index in [9.17, 15) is 8.42 Å². The monoisotopic (exact) mass is 274 g/mol. The Bertz CT molecular complexity index is 369. The standard InChI is InChI=1S/C13H26N2O2S/c1-15-8-4-5-11(10-15)9-14-12-6-3-7-13(12)18(2,16)17/h11-14H,3-10H2,1-2H3. The third-order valence-corrected chi connectivity index (χ3v) is 6.06. The Kier molecular flexibility index (Phi) is 4.67. The van der Waals surface area contributed by atoms with Crippen molar-refractivity contribution >= 4 is 9.84 Å². The van der Waals surface area contributed by atoms with Crippen LogP contribution in [0.4, 0.5) is 0 Å². The van der Waals surface area contributed by atoms with E-state index in [1.54, 1.807) is 0 Å². The van der Waals surface area contributed by atoms with Crippen molar-refractivity contribution in [1.82, 2.24) is 10.2 Å². The molecule has 0 radical (unpaired) electrons. The van der Waals surface area contributed by atoms with E-state index in [-0.39, 0.29) is 11.3 Å². The average Bonchev–Trinajstić information content (AvgIpc) is 2.74. The van der Waals surface area contributed by atoms with Crippen molar-refractivity contribution in [1.29, 1.82) is 0 Å². The Morgan fingerprint density at radius 2 is 2.00 bits per heavy atom. The maximum absolute atomic E-state index is 11.7. The maximum Gasteiger partial charge on any atom is 0.151 e. The summed E-state index contributed by atoms with van der Waals surface area (Å²) < 4.78 is 23.4. The van der Waals surface area contributed by atoms with Gasteiger partial charge in [-0.15, -0.1) is 0 Å². The molecule has 106 valence electrons. The van der Waals surface area contributed by atoms with Gasteiger partial charge in [-0.1, -0.05) is 6.42 Å². The lowest BCUT2D eigenvalue weighted by molar-refractivity contribution is 0.203. The van der Waals surface area contributed by atoms with E-state index in [1.807, 2.05) is 0 Å². The van der Waals surface area contributed by atoms with E-state index in [2.05, 4.69) is 17.3 Å². The number of hydrogen-bond donors (Lipinski definition) is 1. The number of hydrogen-bond acceptors (Lipinski definition) is 4. The zero-order valence-electron chi connectivity index (χ0n) is 11.6. The Balaban J connectivity index is 1.82. The summed E-state index contributed by atoms with van der Waals surface area (Å²) in [4.78, 5) is 2.37. The topological polar surface area (TPSA) is 49.4 Å². The minimum atomic E-state index is -2.89. The molecule has 1 heterocycles. The fourth-order valence-corrected chi connectivity index (χ4v) is 4.85. The summed E-state index contributed by atoms with van der Waals surface area (Å²) in [6.45, 7) is 3.32. The van der Waals surface area contributed by atoms with Crippen molar-refractivity contribution in [2.24, 2.45) is 5.92 Å². The Labute approximate surface area is 111 Å². The van der Waals surface area contributed by atoms with E-state index >= 15 is 0 Å². The van der Waals surface area contributed by atoms with Gasteiger partial charge in [0.1, 0.15) is 0 Å². The molecule has 1 saturated heterocycles. The van der Waals surface area contributed by atoms with Gasteiger partial charge in [0.15, 0.2) is 9.84 Å². The summed E-state index contributed by atoms with van der Waals surface area (Å²) in [5, 5.41) is 3.37. The SMILES string of the molecule is CN1CCCC(CNC2CCCC2S(C)(=O)=O)C1. The number of rotatable bonds is 4. The molecule has 2 rings (SSSR count). The molecule has 0 aromatic heterocycles. The summed E-state index contributed by atoms with van der Waals surface area (Å²) in [5.41, 5.74) is 0. The Morgan fingerprint density at radius 1 is 1.22 bits per heavy atom. The highest BCUT2D eigenvalue weighted by atomic mass is 32.2. The molecule has 1 aliphatic carbocycles. The first-order valence-electron chi connectivity index (χ1n) is 7.07. The van der Waals surface area contributed by atoms with Crippen molar-refractivity contribution in [2.45, 2.75) is 43.4 Å². The van der Waals surface area contributed by atoms with Crippen LogP contribution in [0.1, 0.15) is 32.1 Å². The van der Waals surface area contributed by atoms with Gasteiger partial charge in [0, 0.05) is 18.8 Å². The molecule has 0 spiro atoms. The van der Waals surface area contributed by atoms with Gasteiger partial charge in [0.2, 0.25) is 0 Å². The normalized spacial score (nSPS) is 34.9. The number of nitrogens with one attached hydrogen (secondary N) is 1. The van der Waals surface area contributed by atoms with E-state index in [1.165, 1.54) is 25.6 Å². The second-order valence-electron chi connectivity index (χ2n) is 6.08. The lowest BCUT2D eigenvalue weighted by atomic mass is 9.98. The van der Waals surface area contributed by atoms with Crippen LogP contribution in [0.15, 0.2) is 0 Å². The van der Waals surface area contributed by atoms with Gasteiger partial charge < -0.3 is 10.2 Å². The molecule has 5 heteroatoms. The third kappa shape index (κ3) is 3.68. The zero-order valence-corrected chi connectivity index (χ0v) is 12.4. The van der Waals surface area contributed by atoms with Crippen LogP contribution in [0, 0.1) is 5.92 Å². The van der Waals surface area contributed by atoms with Gasteiger partial charge in [0.25, 0.3) is 0 Å². The number of nitrogens with zero attached hydrogens (tertiary/aromatic N) is 1. The molecule has 3 atom stereocenters. The van der Waals surface area contributed by atoms with Crippen LogP contribution < -0.4 is 5.32 Å². The zero-order chi connectivity index (χ0) is 13.2. The van der Waals surface area contributed by atoms with Gasteiger partial charge in [-0.2, -0.15) is 0 Å². The first-order valence-corrected chi connectivity index (χ1v) is 9.03. The fraction of sp³-hybridized carbons (Fsp3) is 1.00. The molecule has 2 aliphatic rings. The van der Waals surface area contributed by atoms with Crippen LogP contribution in [-0.4, -0.2) is 57.5 Å². The first-order chi connectivity index (χ1) is 8.47. The van der Waals surface area contributed by atoms with Crippen molar-refractivity contribution in [2.75, 3.05) is 32.9 Å². The van der Waals surface area contributed by atoms with Crippen molar-refractivity contribution in [3.8, 4) is 0 Å². The highest BCUT2D eigenvalue weighted by Crippen LogP contribution is 2.25. The maximum atomic E-state index is 11.7. The number of likely N-dealkylation sites (tertiary alicyclic amines) is 1. The van der Waals surface area contributed by atoms with Gasteiger partial charge in [-0.3, -0.25) is 0 Å². The second kappa shape index (κ2) is 5.88. The van der Waals surface area contributed by atoms with E-state index < -0.39 is 9.84 Å². The van der Waals surface area contributed by atoms with Crippen LogP contribution >= 0.6 is 0 Å². The fourth-order valence-electron chi connectivity index (χ4n) is 3.43. The summed E-state index contributed by atoms with van der Waals surface area (Å²) in [6, 6.07) is 0.187. The average molecular weight is 274 g/mol. The summed E-state index contributed by atoms with van der Waals surface area (Å²) in [5.74, 6) is 0.685. The predicted molar refractivity (Wildman–Crippen MR) is 74.5 cm³/mol. The molecule has 1 aliphatic heterocycles. The lowest BCUT2D eigenvalue weighted by Gasteiger charge is -2.31. The predicted octanol–water partition coefficient (Wildman–Crippen LogP) is 0.884. The largest absolute Gasteiger partial charge is 0.312 e. The Morgan fingerprint density at radius 3 is 2.67 bits per heavy atom. The van der Waals surface area contributed by atoms with Crippen LogP contribution in [-0.2, 0) is 9.84 Å². The van der Waals surface area contributed by atoms with Gasteiger partial charge >= 0.3 is 0 Å². The van der Waals surface area contributed by atoms with Crippen LogP contribution in [0.5, 0.6) is 0 Å².